The van der Waals surface area contributed by atoms with Crippen LogP contribution in [0.4, 0.5) is 5.69 Å². The molecule has 1 aliphatic rings. The normalized spacial score (nSPS) is 14.4. The molecule has 0 saturated carbocycles. The first-order chi connectivity index (χ1) is 20.4. The molecule has 0 bridgehead atoms. The summed E-state index contributed by atoms with van der Waals surface area (Å²) in [6, 6.07) is 17.4. The molecule has 1 saturated heterocycles. The molecule has 4 N–H and O–H groups in total. The van der Waals surface area contributed by atoms with Gasteiger partial charge in [0.2, 0.25) is 0 Å². The summed E-state index contributed by atoms with van der Waals surface area (Å²) in [6.45, 7) is 6.13. The van der Waals surface area contributed by atoms with Crippen molar-refractivity contribution in [2.24, 2.45) is 0 Å². The number of aromatic nitrogens is 4. The molecule has 0 aliphatic carbocycles. The van der Waals surface area contributed by atoms with E-state index in [0.717, 1.165) is 55.7 Å². The number of rotatable bonds is 9. The second-order valence-electron chi connectivity index (χ2n) is 10.6. The van der Waals surface area contributed by atoms with Crippen LogP contribution in [0.1, 0.15) is 21.5 Å². The van der Waals surface area contributed by atoms with Crippen molar-refractivity contribution in [2.45, 2.75) is 13.1 Å². The Morgan fingerprint density at radius 3 is 2.52 bits per heavy atom. The van der Waals surface area contributed by atoms with Crippen LogP contribution in [0.25, 0.3) is 22.2 Å². The van der Waals surface area contributed by atoms with E-state index in [4.69, 9.17) is 16.7 Å². The summed E-state index contributed by atoms with van der Waals surface area (Å²) in [6.07, 6.45) is 4.69. The molecular formula is C31H32ClN7O3. The van der Waals surface area contributed by atoms with Crippen molar-refractivity contribution in [3.63, 3.8) is 0 Å². The van der Waals surface area contributed by atoms with Crippen LogP contribution in [0.5, 0.6) is 0 Å². The van der Waals surface area contributed by atoms with Gasteiger partial charge in [-0.3, -0.25) is 24.1 Å². The third-order valence-corrected chi connectivity index (χ3v) is 7.83. The van der Waals surface area contributed by atoms with Crippen LogP contribution in [0.15, 0.2) is 78.0 Å². The zero-order valence-corrected chi connectivity index (χ0v) is 23.8. The Bertz CT molecular complexity index is 1750. The van der Waals surface area contributed by atoms with Gasteiger partial charge in [-0.25, -0.2) is 0 Å². The highest BCUT2D eigenvalue weighted by Crippen LogP contribution is 2.25. The van der Waals surface area contributed by atoms with Crippen molar-refractivity contribution in [1.82, 2.24) is 29.5 Å². The van der Waals surface area contributed by atoms with Gasteiger partial charge in [0.05, 0.1) is 41.9 Å². The summed E-state index contributed by atoms with van der Waals surface area (Å²) >= 11 is 5.96. The summed E-state index contributed by atoms with van der Waals surface area (Å²) in [5.74, 6) is -0.325. The molecule has 2 aromatic carbocycles. The molecule has 1 amide bonds. The van der Waals surface area contributed by atoms with Gasteiger partial charge in [-0.1, -0.05) is 29.8 Å². The Morgan fingerprint density at radius 2 is 1.74 bits per heavy atom. The van der Waals surface area contributed by atoms with E-state index in [1.165, 1.54) is 18.0 Å². The minimum absolute atomic E-state index is 0.197. The summed E-state index contributed by atoms with van der Waals surface area (Å²) in [5, 5.41) is 18.0. The fourth-order valence-electron chi connectivity index (χ4n) is 5.30. The van der Waals surface area contributed by atoms with Crippen LogP contribution in [0.3, 0.4) is 0 Å². The number of carbonyl (C=O) groups is 1. The van der Waals surface area contributed by atoms with Crippen LogP contribution < -0.4 is 10.9 Å². The molecule has 1 fully saturated rings. The van der Waals surface area contributed by atoms with Gasteiger partial charge in [0, 0.05) is 67.6 Å². The summed E-state index contributed by atoms with van der Waals surface area (Å²) in [7, 11) is 0. The SMILES string of the molecule is O=C(Nc1c[nH]c(=O)c(-c2cc3cc(CN4CCN(CCO)CC4)ccc3[nH]2)c1)c1cnn(Cc2ccc(Cl)cc2)c1. The van der Waals surface area contributed by atoms with Crippen molar-refractivity contribution < 1.29 is 9.90 Å². The zero-order chi connectivity index (χ0) is 29.1. The standard InChI is InChI=1S/C31H32ClN7O3/c32-25-4-1-21(2-5-25)19-39-20-24(16-34-39)30(41)35-26-15-27(31(42)33-17-26)29-14-23-13-22(3-6-28(23)36-29)18-38-9-7-37(8-10-38)11-12-40/h1-6,13-17,20,36,40H,7-12,18-19H2,(H,33,42)(H,35,41). The number of hydrogen-bond donors (Lipinski definition) is 4. The molecule has 6 rings (SSSR count). The van der Waals surface area contributed by atoms with Gasteiger partial charge in [-0.2, -0.15) is 5.10 Å². The number of nitrogens with one attached hydrogen (secondary N) is 3. The molecule has 0 unspecified atom stereocenters. The van der Waals surface area contributed by atoms with E-state index in [0.29, 0.717) is 34.1 Å². The average molecular weight is 586 g/mol. The lowest BCUT2D eigenvalue weighted by Gasteiger charge is -2.34. The van der Waals surface area contributed by atoms with Crippen LogP contribution in [-0.2, 0) is 13.1 Å². The number of carbonyl (C=O) groups excluding carboxylic acids is 1. The second kappa shape index (κ2) is 12.3. The quantitative estimate of drug-likeness (QED) is 0.209. The minimum Gasteiger partial charge on any atom is -0.395 e. The Kier molecular flexibility index (Phi) is 8.20. The van der Waals surface area contributed by atoms with E-state index in [1.807, 2.05) is 36.4 Å². The Hall–Kier alpha value is -4.22. The monoisotopic (exact) mass is 585 g/mol. The predicted molar refractivity (Wildman–Crippen MR) is 164 cm³/mol. The van der Waals surface area contributed by atoms with E-state index >= 15 is 0 Å². The predicted octanol–water partition coefficient (Wildman–Crippen LogP) is 3.78. The lowest BCUT2D eigenvalue weighted by atomic mass is 10.1. The van der Waals surface area contributed by atoms with E-state index < -0.39 is 0 Å². The highest BCUT2D eigenvalue weighted by atomic mass is 35.5. The molecule has 11 heteroatoms. The van der Waals surface area contributed by atoms with E-state index in [2.05, 4.69) is 42.3 Å². The van der Waals surface area contributed by atoms with E-state index in [-0.39, 0.29) is 18.1 Å². The summed E-state index contributed by atoms with van der Waals surface area (Å²) in [4.78, 5) is 36.5. The van der Waals surface area contributed by atoms with Crippen molar-refractivity contribution in [1.29, 1.82) is 0 Å². The Balaban J connectivity index is 1.13. The molecule has 4 heterocycles. The summed E-state index contributed by atoms with van der Waals surface area (Å²) < 4.78 is 1.69. The van der Waals surface area contributed by atoms with Gasteiger partial charge in [-0.05, 0) is 47.5 Å². The number of β-amino-alcohol motifs (C(OH)–C–C–N with tert-alkyl or cyclic N) is 1. The number of nitrogens with zero attached hydrogens (tertiary/aromatic N) is 4. The molecular weight excluding hydrogens is 554 g/mol. The fraction of sp³-hybridized carbons (Fsp3) is 0.258. The number of halogens is 1. The van der Waals surface area contributed by atoms with Gasteiger partial charge < -0.3 is 20.4 Å². The number of piperazine rings is 1. The van der Waals surface area contributed by atoms with Crippen molar-refractivity contribution >= 4 is 34.1 Å². The minimum atomic E-state index is -0.325. The van der Waals surface area contributed by atoms with Crippen molar-refractivity contribution in [2.75, 3.05) is 44.6 Å². The average Bonchev–Trinajstić information content (AvgIpc) is 3.63. The first-order valence-electron chi connectivity index (χ1n) is 13.9. The molecule has 42 heavy (non-hydrogen) atoms. The highest BCUT2D eigenvalue weighted by Gasteiger charge is 2.17. The Morgan fingerprint density at radius 1 is 0.976 bits per heavy atom. The van der Waals surface area contributed by atoms with E-state index in [1.54, 1.807) is 16.9 Å². The molecule has 3 aromatic heterocycles. The fourth-order valence-corrected chi connectivity index (χ4v) is 5.43. The van der Waals surface area contributed by atoms with Gasteiger partial charge in [0.1, 0.15) is 0 Å². The number of aromatic amines is 2. The summed E-state index contributed by atoms with van der Waals surface area (Å²) in [5.41, 5.74) is 4.89. The molecule has 0 radical (unpaired) electrons. The Labute approximate surface area is 247 Å². The van der Waals surface area contributed by atoms with E-state index in [9.17, 15) is 9.59 Å². The van der Waals surface area contributed by atoms with Gasteiger partial charge >= 0.3 is 0 Å². The lowest BCUT2D eigenvalue weighted by molar-refractivity contribution is 0.102. The number of aliphatic hydroxyl groups excluding tert-OH is 1. The van der Waals surface area contributed by atoms with Crippen molar-refractivity contribution in [3.8, 4) is 11.3 Å². The maximum Gasteiger partial charge on any atom is 0.258 e. The highest BCUT2D eigenvalue weighted by molar-refractivity contribution is 6.30. The van der Waals surface area contributed by atoms with Gasteiger partial charge in [0.25, 0.3) is 11.5 Å². The third kappa shape index (κ3) is 6.47. The first-order valence-corrected chi connectivity index (χ1v) is 14.3. The molecule has 1 aliphatic heterocycles. The largest absolute Gasteiger partial charge is 0.395 e. The van der Waals surface area contributed by atoms with Crippen LogP contribution >= 0.6 is 11.6 Å². The number of anilines is 1. The molecule has 5 aromatic rings. The van der Waals surface area contributed by atoms with Crippen LogP contribution in [0, 0.1) is 0 Å². The molecule has 216 valence electrons. The number of benzene rings is 2. The van der Waals surface area contributed by atoms with Gasteiger partial charge in [-0.15, -0.1) is 0 Å². The number of amides is 1. The number of aliphatic hydroxyl groups is 1. The number of hydrogen-bond acceptors (Lipinski definition) is 6. The number of H-pyrrole nitrogens is 2. The maximum atomic E-state index is 13.0. The third-order valence-electron chi connectivity index (χ3n) is 7.58. The zero-order valence-electron chi connectivity index (χ0n) is 23.0. The maximum absolute atomic E-state index is 13.0. The molecule has 0 spiro atoms. The van der Waals surface area contributed by atoms with Crippen molar-refractivity contribution in [3.05, 3.63) is 105 Å². The lowest BCUT2D eigenvalue weighted by Crippen LogP contribution is -2.46. The number of pyridine rings is 1. The van der Waals surface area contributed by atoms with Crippen LogP contribution in [0.2, 0.25) is 5.02 Å². The second-order valence-corrected chi connectivity index (χ2v) is 11.0. The van der Waals surface area contributed by atoms with Crippen LogP contribution in [-0.4, -0.2) is 79.9 Å². The smallest absolute Gasteiger partial charge is 0.258 e. The molecule has 0 atom stereocenters. The topological polar surface area (TPSA) is 122 Å². The number of fused-ring (bicyclic) bond motifs is 1. The molecule has 10 nitrogen and oxygen atoms in total. The van der Waals surface area contributed by atoms with Gasteiger partial charge in [0.15, 0.2) is 0 Å². The first kappa shape index (κ1) is 27.9.